The summed E-state index contributed by atoms with van der Waals surface area (Å²) in [4.78, 5) is 2.74. The molecule has 0 saturated heterocycles. The van der Waals surface area contributed by atoms with E-state index in [0.717, 1.165) is 0 Å². The molecule has 0 saturated carbocycles. The molecule has 4 heteroatoms. The fourth-order valence-corrected chi connectivity index (χ4v) is 0.241. The summed E-state index contributed by atoms with van der Waals surface area (Å²) in [7, 11) is 0. The molecule has 0 aliphatic rings. The largest absolute Gasteiger partial charge is 2.00 e. The van der Waals surface area contributed by atoms with Gasteiger partial charge in [0.05, 0.1) is 0 Å². The third kappa shape index (κ3) is 6.88. The van der Waals surface area contributed by atoms with E-state index in [1.165, 1.54) is 0 Å². The van der Waals surface area contributed by atoms with Crippen molar-refractivity contribution in [3.05, 3.63) is 24.5 Å². The maximum absolute atomic E-state index is 2.74. The second-order valence-electron chi connectivity index (χ2n) is 0.814. The van der Waals surface area contributed by atoms with Crippen LogP contribution in [0.1, 0.15) is 0 Å². The number of hydrogen-bond donors (Lipinski definition) is 1. The summed E-state index contributed by atoms with van der Waals surface area (Å²) < 4.78 is 0. The van der Waals surface area contributed by atoms with Crippen LogP contribution in [0, 0.1) is 6.20 Å². The molecule has 1 aromatic rings. The second kappa shape index (κ2) is 10.8. The van der Waals surface area contributed by atoms with Gasteiger partial charge in [-0.3, -0.25) is 0 Å². The number of rotatable bonds is 0. The molecule has 0 unspecified atom stereocenters. The van der Waals surface area contributed by atoms with Gasteiger partial charge in [-0.1, -0.05) is 0 Å². The van der Waals surface area contributed by atoms with Crippen molar-refractivity contribution in [3.8, 4) is 0 Å². The number of hydrogen-bond acceptors (Lipinski definition) is 0. The van der Waals surface area contributed by atoms with E-state index in [4.69, 9.17) is 0 Å². The average molecular weight is 416 g/mol. The van der Waals surface area contributed by atoms with Crippen molar-refractivity contribution < 1.29 is 53.8 Å². The summed E-state index contributed by atoms with van der Waals surface area (Å²) >= 11 is 0. The maximum Gasteiger partial charge on any atom is 2.00 e. The molecule has 1 nitrogen and oxygen atoms in total. The normalized spacial score (nSPS) is 5.00. The smallest absolute Gasteiger partial charge is 1.00 e. The van der Waals surface area contributed by atoms with Crippen LogP contribution < -0.4 is 34.0 Å². The zero-order valence-electron chi connectivity index (χ0n) is 3.84. The third-order valence-corrected chi connectivity index (χ3v) is 0.442. The molecule has 0 aliphatic carbocycles. The molecule has 0 radical (unpaired) electrons. The van der Waals surface area contributed by atoms with E-state index in [0.29, 0.717) is 0 Å². The van der Waals surface area contributed by atoms with E-state index in [1.807, 2.05) is 18.3 Å². The van der Waals surface area contributed by atoms with E-state index in [2.05, 4.69) is 11.2 Å². The Morgan fingerprint density at radius 1 is 1.25 bits per heavy atom. The molecule has 48 valence electrons. The second-order valence-corrected chi connectivity index (χ2v) is 0.814. The Morgan fingerprint density at radius 2 is 1.88 bits per heavy atom. The van der Waals surface area contributed by atoms with Crippen LogP contribution >= 0.6 is 0 Å². The number of aromatic nitrogens is 1. The van der Waals surface area contributed by atoms with Gasteiger partial charge < -0.3 is 38.9 Å². The molecule has 0 bridgehead atoms. The van der Waals surface area contributed by atoms with E-state index in [-0.39, 0.29) is 53.8 Å². The SMILES string of the molecule is [Br-].[Br-].[Os+2].[c-]1ccc[nH]1. The average Bonchev–Trinajstić information content (AvgIpc) is 1.76. The molecular formula is C4H4Br2NOs-. The molecule has 0 atom stereocenters. The van der Waals surface area contributed by atoms with E-state index in [9.17, 15) is 0 Å². The van der Waals surface area contributed by atoms with Crippen molar-refractivity contribution in [2.75, 3.05) is 0 Å². The van der Waals surface area contributed by atoms with Gasteiger partial charge in [-0.2, -0.15) is 18.3 Å². The van der Waals surface area contributed by atoms with E-state index >= 15 is 0 Å². The van der Waals surface area contributed by atoms with Gasteiger partial charge in [0.1, 0.15) is 0 Å². The van der Waals surface area contributed by atoms with Crippen molar-refractivity contribution in [2.24, 2.45) is 0 Å². The molecule has 1 N–H and O–H groups in total. The van der Waals surface area contributed by atoms with Crippen molar-refractivity contribution in [2.45, 2.75) is 0 Å². The Kier molecular flexibility index (Phi) is 21.5. The van der Waals surface area contributed by atoms with E-state index in [1.54, 1.807) is 0 Å². The van der Waals surface area contributed by atoms with Gasteiger partial charge in [-0.05, 0) is 0 Å². The monoisotopic (exact) mass is 416 g/mol. The molecule has 1 heterocycles. The van der Waals surface area contributed by atoms with Gasteiger partial charge in [-0.15, -0.1) is 6.20 Å². The molecule has 8 heavy (non-hydrogen) atoms. The predicted molar refractivity (Wildman–Crippen MR) is 19.6 cm³/mol. The molecule has 0 spiro atoms. The molecule has 0 aliphatic heterocycles. The first kappa shape index (κ1) is 15.9. The first-order valence-corrected chi connectivity index (χ1v) is 1.49. The molecule has 0 amide bonds. The fourth-order valence-electron chi connectivity index (χ4n) is 0.241. The van der Waals surface area contributed by atoms with E-state index < -0.39 is 0 Å². The van der Waals surface area contributed by atoms with Gasteiger partial charge >= 0.3 is 19.8 Å². The quantitative estimate of drug-likeness (QED) is 0.408. The molecule has 0 aromatic carbocycles. The van der Waals surface area contributed by atoms with Gasteiger partial charge in [0, 0.05) is 0 Å². The number of H-pyrrole nitrogens is 1. The minimum Gasteiger partial charge on any atom is -1.00 e. The van der Waals surface area contributed by atoms with Crippen LogP contribution in [0.4, 0.5) is 0 Å². The van der Waals surface area contributed by atoms with Crippen LogP contribution in [0.2, 0.25) is 0 Å². The number of halogens is 2. The summed E-state index contributed by atoms with van der Waals surface area (Å²) in [5.74, 6) is 0. The minimum absolute atomic E-state index is 0. The first-order chi connectivity index (χ1) is 2.50. The maximum atomic E-state index is 2.74. The van der Waals surface area contributed by atoms with Crippen molar-refractivity contribution >= 4 is 0 Å². The topological polar surface area (TPSA) is 15.8 Å². The Bertz CT molecular complexity index is 70.5. The Hall–Kier alpha value is 0.876. The summed E-state index contributed by atoms with van der Waals surface area (Å²) in [6.07, 6.45) is 4.56. The molecule has 1 aromatic heterocycles. The summed E-state index contributed by atoms with van der Waals surface area (Å²) in [5, 5.41) is 0. The Labute approximate surface area is 82.8 Å². The zero-order chi connectivity index (χ0) is 3.54. The summed E-state index contributed by atoms with van der Waals surface area (Å²) in [5.41, 5.74) is 0. The van der Waals surface area contributed by atoms with Gasteiger partial charge in [0.2, 0.25) is 0 Å². The standard InChI is InChI=1S/C4H4N.2BrH.Os/c1-2-4-5-3-1;;;/h1-3,5H;2*1H;/q-1;;;+2/p-2. The Balaban J connectivity index is -0.0000000833. The molecule has 1 rings (SSSR count). The Morgan fingerprint density at radius 3 is 2.00 bits per heavy atom. The third-order valence-electron chi connectivity index (χ3n) is 0.442. The van der Waals surface area contributed by atoms with Crippen LogP contribution in [0.25, 0.3) is 0 Å². The fraction of sp³-hybridized carbons (Fsp3) is 0. The number of nitrogens with one attached hydrogen (secondary N) is 1. The van der Waals surface area contributed by atoms with Crippen LogP contribution in [0.5, 0.6) is 0 Å². The van der Waals surface area contributed by atoms with Crippen LogP contribution in [-0.4, -0.2) is 4.98 Å². The van der Waals surface area contributed by atoms with Crippen LogP contribution in [0.3, 0.4) is 0 Å². The predicted octanol–water partition coefficient (Wildman–Crippen LogP) is -5.18. The van der Waals surface area contributed by atoms with Crippen molar-refractivity contribution in [1.29, 1.82) is 0 Å². The molecule has 0 fully saturated rings. The summed E-state index contributed by atoms with van der Waals surface area (Å²) in [6, 6.07) is 3.71. The summed E-state index contributed by atoms with van der Waals surface area (Å²) in [6.45, 7) is 0. The zero-order valence-corrected chi connectivity index (χ0v) is 9.55. The first-order valence-electron chi connectivity index (χ1n) is 1.49. The van der Waals surface area contributed by atoms with Gasteiger partial charge in [-0.25, -0.2) is 0 Å². The molecular weight excluding hydrogens is 412 g/mol. The van der Waals surface area contributed by atoms with Crippen molar-refractivity contribution in [3.63, 3.8) is 0 Å². The van der Waals surface area contributed by atoms with Crippen LogP contribution in [-0.2, 0) is 19.8 Å². The van der Waals surface area contributed by atoms with Gasteiger partial charge in [0.15, 0.2) is 0 Å². The minimum atomic E-state index is 0. The number of aromatic amines is 1. The van der Waals surface area contributed by atoms with Crippen molar-refractivity contribution in [1.82, 2.24) is 4.98 Å². The van der Waals surface area contributed by atoms with Gasteiger partial charge in [0.25, 0.3) is 0 Å². The van der Waals surface area contributed by atoms with Crippen LogP contribution in [0.15, 0.2) is 18.3 Å².